The zero-order valence-corrected chi connectivity index (χ0v) is 27.6. The standard InChI is InChI=1S/C48H33NO/c1-2-31-15-23-37(24-16-31)49(45-30-35-9-3-4-10-39(35)42-11-5-6-12-43(42)45)38-25-21-33(22-26-38)40-27-28-41(36-20-18-32-17-19-34(32)29-36)48-47(40)44-13-7-8-14-46(44)50-48/h2-16,18,20-30H,1,17,19H2. The highest BCUT2D eigenvalue weighted by molar-refractivity contribution is 6.17. The van der Waals surface area contributed by atoms with Crippen LogP contribution in [0.15, 0.2) is 169 Å². The van der Waals surface area contributed by atoms with Crippen LogP contribution in [0.3, 0.4) is 0 Å². The summed E-state index contributed by atoms with van der Waals surface area (Å²) in [7, 11) is 0. The first-order valence-electron chi connectivity index (χ1n) is 17.3. The maximum absolute atomic E-state index is 6.65. The van der Waals surface area contributed by atoms with Crippen LogP contribution in [0.1, 0.15) is 16.7 Å². The normalized spacial score (nSPS) is 12.3. The zero-order valence-electron chi connectivity index (χ0n) is 27.6. The largest absolute Gasteiger partial charge is 0.455 e. The maximum Gasteiger partial charge on any atom is 0.143 e. The van der Waals surface area contributed by atoms with E-state index < -0.39 is 0 Å². The summed E-state index contributed by atoms with van der Waals surface area (Å²) < 4.78 is 6.65. The lowest BCUT2D eigenvalue weighted by Gasteiger charge is -2.28. The van der Waals surface area contributed by atoms with Gasteiger partial charge in [-0.2, -0.15) is 0 Å². The molecular weight excluding hydrogens is 607 g/mol. The first-order valence-corrected chi connectivity index (χ1v) is 17.3. The topological polar surface area (TPSA) is 16.4 Å². The van der Waals surface area contributed by atoms with Crippen LogP contribution in [-0.4, -0.2) is 0 Å². The van der Waals surface area contributed by atoms with E-state index in [1.54, 1.807) is 0 Å². The summed E-state index contributed by atoms with van der Waals surface area (Å²) in [6.07, 6.45) is 4.23. The van der Waals surface area contributed by atoms with E-state index in [9.17, 15) is 0 Å². The minimum absolute atomic E-state index is 0.911. The van der Waals surface area contributed by atoms with Gasteiger partial charge in [-0.1, -0.05) is 128 Å². The molecule has 8 aromatic carbocycles. The Balaban J connectivity index is 1.15. The van der Waals surface area contributed by atoms with Crippen LogP contribution >= 0.6 is 0 Å². The average Bonchev–Trinajstić information content (AvgIpc) is 3.56. The minimum atomic E-state index is 0.911. The smallest absolute Gasteiger partial charge is 0.143 e. The maximum atomic E-state index is 6.65. The third-order valence-electron chi connectivity index (χ3n) is 10.5. The van der Waals surface area contributed by atoms with E-state index in [1.165, 1.54) is 50.2 Å². The second-order valence-corrected chi connectivity index (χ2v) is 13.3. The highest BCUT2D eigenvalue weighted by Gasteiger charge is 2.21. The van der Waals surface area contributed by atoms with E-state index in [0.717, 1.165) is 62.1 Å². The summed E-state index contributed by atoms with van der Waals surface area (Å²) in [5.74, 6) is 0. The molecular formula is C48H33NO. The van der Waals surface area contributed by atoms with Crippen molar-refractivity contribution in [3.63, 3.8) is 0 Å². The van der Waals surface area contributed by atoms with Crippen LogP contribution in [-0.2, 0) is 12.8 Å². The number of nitrogens with zero attached hydrogens (tertiary/aromatic N) is 1. The molecule has 1 heterocycles. The molecule has 0 bridgehead atoms. The van der Waals surface area contributed by atoms with Crippen molar-refractivity contribution in [1.29, 1.82) is 0 Å². The Morgan fingerprint density at radius 2 is 1.16 bits per heavy atom. The molecule has 0 fully saturated rings. The summed E-state index contributed by atoms with van der Waals surface area (Å²) in [5, 5.41) is 7.22. The Morgan fingerprint density at radius 3 is 1.90 bits per heavy atom. The number of aryl methyl sites for hydroxylation is 2. The van der Waals surface area contributed by atoms with E-state index in [1.807, 2.05) is 6.08 Å². The quantitative estimate of drug-likeness (QED) is 0.168. The Labute approximate surface area is 291 Å². The van der Waals surface area contributed by atoms with Gasteiger partial charge in [0.05, 0.1) is 5.69 Å². The molecule has 1 aliphatic rings. The summed E-state index contributed by atoms with van der Waals surface area (Å²) in [5.41, 5.74) is 13.9. The molecule has 0 aliphatic heterocycles. The van der Waals surface area contributed by atoms with Crippen molar-refractivity contribution in [2.75, 3.05) is 4.90 Å². The van der Waals surface area contributed by atoms with Crippen LogP contribution < -0.4 is 4.90 Å². The number of hydrogen-bond acceptors (Lipinski definition) is 2. The molecule has 0 saturated carbocycles. The van der Waals surface area contributed by atoms with Crippen LogP contribution in [0.5, 0.6) is 0 Å². The van der Waals surface area contributed by atoms with Gasteiger partial charge in [0.1, 0.15) is 11.2 Å². The molecule has 0 atom stereocenters. The first kappa shape index (κ1) is 28.6. The van der Waals surface area contributed by atoms with Crippen molar-refractivity contribution in [3.05, 3.63) is 181 Å². The van der Waals surface area contributed by atoms with Crippen LogP contribution in [0, 0.1) is 0 Å². The second kappa shape index (κ2) is 11.4. The van der Waals surface area contributed by atoms with Gasteiger partial charge in [-0.3, -0.25) is 0 Å². The number of fused-ring (bicyclic) bond motifs is 7. The van der Waals surface area contributed by atoms with Gasteiger partial charge in [0.15, 0.2) is 0 Å². The van der Waals surface area contributed by atoms with Gasteiger partial charge in [-0.15, -0.1) is 0 Å². The average molecular weight is 640 g/mol. The molecule has 0 spiro atoms. The summed E-state index contributed by atoms with van der Waals surface area (Å²) in [6, 6.07) is 57.2. The lowest BCUT2D eigenvalue weighted by Crippen LogP contribution is -2.10. The highest BCUT2D eigenvalue weighted by Crippen LogP contribution is 2.45. The molecule has 0 N–H and O–H groups in total. The monoisotopic (exact) mass is 639 g/mol. The second-order valence-electron chi connectivity index (χ2n) is 13.3. The molecule has 0 amide bonds. The lowest BCUT2D eigenvalue weighted by atomic mass is 9.85. The van der Waals surface area contributed by atoms with E-state index in [4.69, 9.17) is 4.42 Å². The van der Waals surface area contributed by atoms with Gasteiger partial charge in [-0.25, -0.2) is 0 Å². The molecule has 2 heteroatoms. The van der Waals surface area contributed by atoms with Crippen LogP contribution in [0.4, 0.5) is 17.1 Å². The third-order valence-corrected chi connectivity index (χ3v) is 10.5. The molecule has 0 saturated heterocycles. The zero-order chi connectivity index (χ0) is 33.2. The third kappa shape index (κ3) is 4.49. The molecule has 2 nitrogen and oxygen atoms in total. The van der Waals surface area contributed by atoms with Gasteiger partial charge in [-0.05, 0) is 105 Å². The molecule has 1 aromatic heterocycles. The number of para-hydroxylation sites is 1. The Hall–Kier alpha value is -6.38. The number of benzene rings is 8. The minimum Gasteiger partial charge on any atom is -0.455 e. The van der Waals surface area contributed by atoms with Crippen molar-refractivity contribution in [2.45, 2.75) is 12.8 Å². The van der Waals surface area contributed by atoms with Gasteiger partial charge >= 0.3 is 0 Å². The van der Waals surface area contributed by atoms with Crippen molar-refractivity contribution in [3.8, 4) is 22.3 Å². The van der Waals surface area contributed by atoms with Gasteiger partial charge in [0, 0.05) is 33.1 Å². The van der Waals surface area contributed by atoms with Crippen LogP contribution in [0.25, 0.3) is 71.8 Å². The van der Waals surface area contributed by atoms with Crippen LogP contribution in [0.2, 0.25) is 0 Å². The van der Waals surface area contributed by atoms with Gasteiger partial charge in [0.2, 0.25) is 0 Å². The molecule has 9 aromatic rings. The van der Waals surface area contributed by atoms with E-state index in [0.29, 0.717) is 0 Å². The molecule has 1 aliphatic carbocycles. The van der Waals surface area contributed by atoms with Crippen molar-refractivity contribution >= 4 is 66.6 Å². The number of hydrogen-bond donors (Lipinski definition) is 0. The molecule has 10 rings (SSSR count). The van der Waals surface area contributed by atoms with Gasteiger partial charge in [0.25, 0.3) is 0 Å². The number of furan rings is 1. The predicted molar refractivity (Wildman–Crippen MR) is 212 cm³/mol. The molecule has 0 radical (unpaired) electrons. The summed E-state index contributed by atoms with van der Waals surface area (Å²) in [6.45, 7) is 3.98. The SMILES string of the molecule is C=Cc1ccc(N(c2ccc(-c3ccc(-c4ccc5c(c4)CC5)c4oc5ccccc5c34)cc2)c2cc3ccccc3c3ccccc23)cc1. The van der Waals surface area contributed by atoms with Crippen molar-refractivity contribution in [2.24, 2.45) is 0 Å². The van der Waals surface area contributed by atoms with E-state index >= 15 is 0 Å². The highest BCUT2D eigenvalue weighted by atomic mass is 16.3. The Morgan fingerprint density at radius 1 is 0.520 bits per heavy atom. The fraction of sp³-hybridized carbons (Fsp3) is 0.0417. The fourth-order valence-corrected chi connectivity index (χ4v) is 7.86. The first-order chi connectivity index (χ1) is 24.7. The van der Waals surface area contributed by atoms with Crippen molar-refractivity contribution in [1.82, 2.24) is 0 Å². The number of anilines is 3. The number of rotatable bonds is 6. The van der Waals surface area contributed by atoms with E-state index in [-0.39, 0.29) is 0 Å². The predicted octanol–water partition coefficient (Wildman–Crippen LogP) is 13.4. The van der Waals surface area contributed by atoms with Gasteiger partial charge < -0.3 is 9.32 Å². The molecule has 0 unspecified atom stereocenters. The Bertz CT molecular complexity index is 2770. The summed E-state index contributed by atoms with van der Waals surface area (Å²) >= 11 is 0. The fourth-order valence-electron chi connectivity index (χ4n) is 7.86. The Kier molecular flexibility index (Phi) is 6.50. The molecule has 236 valence electrons. The van der Waals surface area contributed by atoms with E-state index in [2.05, 4.69) is 169 Å². The summed E-state index contributed by atoms with van der Waals surface area (Å²) in [4.78, 5) is 2.38. The molecule has 50 heavy (non-hydrogen) atoms. The lowest BCUT2D eigenvalue weighted by molar-refractivity contribution is 0.670. The van der Waals surface area contributed by atoms with Crippen molar-refractivity contribution < 1.29 is 4.42 Å².